The Kier molecular flexibility index (Phi) is 6.20. The van der Waals surface area contributed by atoms with Gasteiger partial charge in [0.2, 0.25) is 0 Å². The smallest absolute Gasteiger partial charge is 0.295 e. The molecule has 0 aliphatic carbocycles. The molecule has 10 heteroatoms. The molecular formula is C19H19ClN6O3. The van der Waals surface area contributed by atoms with Crippen molar-refractivity contribution in [1.29, 1.82) is 0 Å². The van der Waals surface area contributed by atoms with Crippen LogP contribution in [-0.2, 0) is 0 Å². The van der Waals surface area contributed by atoms with Crippen molar-refractivity contribution in [2.45, 2.75) is 6.04 Å². The van der Waals surface area contributed by atoms with E-state index in [0.29, 0.717) is 5.02 Å². The summed E-state index contributed by atoms with van der Waals surface area (Å²) >= 11 is 6.29. The van der Waals surface area contributed by atoms with E-state index in [1.54, 1.807) is 6.07 Å². The molecule has 3 aromatic rings. The van der Waals surface area contributed by atoms with Gasteiger partial charge in [0.25, 0.3) is 11.6 Å². The van der Waals surface area contributed by atoms with Crippen molar-refractivity contribution < 1.29 is 9.72 Å². The van der Waals surface area contributed by atoms with Crippen LogP contribution < -0.4 is 5.32 Å². The van der Waals surface area contributed by atoms with Crippen LogP contribution in [-0.4, -0.2) is 51.1 Å². The first kappa shape index (κ1) is 20.4. The van der Waals surface area contributed by atoms with Crippen molar-refractivity contribution in [2.75, 3.05) is 20.6 Å². The number of hydrogen-bond donors (Lipinski definition) is 1. The zero-order valence-electron chi connectivity index (χ0n) is 15.8. The summed E-state index contributed by atoms with van der Waals surface area (Å²) in [5.74, 6) is -0.419. The number of halogens is 1. The third-order valence-electron chi connectivity index (χ3n) is 4.44. The van der Waals surface area contributed by atoms with E-state index < -0.39 is 10.8 Å². The largest absolute Gasteiger partial charge is 0.350 e. The first-order valence-corrected chi connectivity index (χ1v) is 9.08. The van der Waals surface area contributed by atoms with Gasteiger partial charge < -0.3 is 10.2 Å². The van der Waals surface area contributed by atoms with Gasteiger partial charge in [-0.15, -0.1) is 0 Å². The molecule has 1 amide bonds. The van der Waals surface area contributed by atoms with E-state index in [0.717, 1.165) is 5.56 Å². The molecule has 9 nitrogen and oxygen atoms in total. The van der Waals surface area contributed by atoms with Crippen LogP contribution in [0, 0.1) is 10.1 Å². The molecule has 2 aromatic carbocycles. The van der Waals surface area contributed by atoms with E-state index in [-0.39, 0.29) is 29.5 Å². The van der Waals surface area contributed by atoms with Gasteiger partial charge in [0, 0.05) is 23.2 Å². The SMILES string of the molecule is CN(C)C(CNC(=O)c1ccc(-n2cncn2)c([N+](=O)[O-])c1)c1ccccc1Cl. The van der Waals surface area contributed by atoms with Gasteiger partial charge in [0.15, 0.2) is 0 Å². The number of aromatic nitrogens is 3. The summed E-state index contributed by atoms with van der Waals surface area (Å²) in [6, 6.07) is 11.5. The maximum atomic E-state index is 12.6. The molecule has 0 radical (unpaired) electrons. The molecule has 29 heavy (non-hydrogen) atoms. The molecule has 1 aromatic heterocycles. The molecule has 0 aliphatic heterocycles. The van der Waals surface area contributed by atoms with Crippen LogP contribution in [0.5, 0.6) is 0 Å². The lowest BCUT2D eigenvalue weighted by molar-refractivity contribution is -0.384. The highest BCUT2D eigenvalue weighted by Gasteiger charge is 2.21. The van der Waals surface area contributed by atoms with E-state index >= 15 is 0 Å². The molecule has 1 heterocycles. The quantitative estimate of drug-likeness (QED) is 0.470. The van der Waals surface area contributed by atoms with Crippen LogP contribution in [0.3, 0.4) is 0 Å². The topological polar surface area (TPSA) is 106 Å². The normalized spacial score (nSPS) is 12.0. The van der Waals surface area contributed by atoms with E-state index in [1.165, 1.54) is 35.5 Å². The lowest BCUT2D eigenvalue weighted by Gasteiger charge is -2.26. The fourth-order valence-corrected chi connectivity index (χ4v) is 3.21. The standard InChI is InChI=1S/C19H19ClN6O3/c1-24(2)18(14-5-3-4-6-15(14)20)10-22-19(27)13-7-8-16(17(9-13)26(28)29)25-12-21-11-23-25/h3-9,11-12,18H,10H2,1-2H3,(H,22,27). The van der Waals surface area contributed by atoms with E-state index in [1.807, 2.05) is 37.2 Å². The Morgan fingerprint density at radius 1 is 1.31 bits per heavy atom. The predicted molar refractivity (Wildman–Crippen MR) is 108 cm³/mol. The number of nitrogens with zero attached hydrogens (tertiary/aromatic N) is 5. The molecule has 0 bridgehead atoms. The van der Waals surface area contributed by atoms with Crippen LogP contribution in [0.1, 0.15) is 22.0 Å². The third kappa shape index (κ3) is 4.58. The minimum absolute atomic E-state index is 0.156. The van der Waals surface area contributed by atoms with Crippen LogP contribution in [0.15, 0.2) is 55.1 Å². The number of carbonyl (C=O) groups excluding carboxylic acids is 1. The second-order valence-corrected chi connectivity index (χ2v) is 6.92. The summed E-state index contributed by atoms with van der Waals surface area (Å²) in [6.45, 7) is 0.286. The molecule has 0 saturated carbocycles. The average Bonchev–Trinajstić information content (AvgIpc) is 3.23. The Morgan fingerprint density at radius 3 is 2.69 bits per heavy atom. The Hall–Kier alpha value is -3.30. The fraction of sp³-hybridized carbons (Fsp3) is 0.211. The van der Waals surface area contributed by atoms with Crippen LogP contribution >= 0.6 is 11.6 Å². The number of carbonyl (C=O) groups is 1. The van der Waals surface area contributed by atoms with Gasteiger partial charge in [0.05, 0.1) is 11.0 Å². The third-order valence-corrected chi connectivity index (χ3v) is 4.79. The molecule has 0 aliphatic rings. The van der Waals surface area contributed by atoms with Crippen molar-refractivity contribution in [2.24, 2.45) is 0 Å². The Bertz CT molecular complexity index is 1020. The maximum absolute atomic E-state index is 12.6. The lowest BCUT2D eigenvalue weighted by atomic mass is 10.1. The number of nitro benzene ring substituents is 1. The van der Waals surface area contributed by atoms with Crippen molar-refractivity contribution >= 4 is 23.2 Å². The summed E-state index contributed by atoms with van der Waals surface area (Å²) in [5, 5.41) is 18.8. The number of rotatable bonds is 7. The molecular weight excluding hydrogens is 396 g/mol. The highest BCUT2D eigenvalue weighted by atomic mass is 35.5. The molecule has 0 fully saturated rings. The number of hydrogen-bond acceptors (Lipinski definition) is 6. The van der Waals surface area contributed by atoms with Crippen LogP contribution in [0.2, 0.25) is 5.02 Å². The van der Waals surface area contributed by atoms with E-state index in [9.17, 15) is 14.9 Å². The first-order chi connectivity index (χ1) is 13.9. The van der Waals surface area contributed by atoms with E-state index in [4.69, 9.17) is 11.6 Å². The summed E-state index contributed by atoms with van der Waals surface area (Å²) in [7, 11) is 3.77. The van der Waals surface area contributed by atoms with Gasteiger partial charge in [-0.1, -0.05) is 29.8 Å². The van der Waals surface area contributed by atoms with Gasteiger partial charge in [-0.3, -0.25) is 14.9 Å². The van der Waals surface area contributed by atoms with Gasteiger partial charge in [0.1, 0.15) is 18.3 Å². The Balaban J connectivity index is 1.81. The van der Waals surface area contributed by atoms with E-state index in [2.05, 4.69) is 15.4 Å². The van der Waals surface area contributed by atoms with Crippen LogP contribution in [0.25, 0.3) is 5.69 Å². The van der Waals surface area contributed by atoms with Crippen molar-refractivity contribution in [1.82, 2.24) is 25.0 Å². The van der Waals surface area contributed by atoms with Crippen molar-refractivity contribution in [3.63, 3.8) is 0 Å². The molecule has 0 spiro atoms. The van der Waals surface area contributed by atoms with Crippen molar-refractivity contribution in [3.05, 3.63) is 81.4 Å². The number of amides is 1. The molecule has 3 rings (SSSR count). The average molecular weight is 415 g/mol. The zero-order valence-corrected chi connectivity index (χ0v) is 16.6. The van der Waals surface area contributed by atoms with Crippen LogP contribution in [0.4, 0.5) is 5.69 Å². The van der Waals surface area contributed by atoms with Gasteiger partial charge in [-0.25, -0.2) is 9.67 Å². The summed E-state index contributed by atoms with van der Waals surface area (Å²) in [5.41, 5.74) is 1.05. The summed E-state index contributed by atoms with van der Waals surface area (Å²) in [4.78, 5) is 29.3. The summed E-state index contributed by atoms with van der Waals surface area (Å²) < 4.78 is 1.28. The minimum Gasteiger partial charge on any atom is -0.350 e. The Labute approximate surface area is 172 Å². The first-order valence-electron chi connectivity index (χ1n) is 8.71. The highest BCUT2D eigenvalue weighted by molar-refractivity contribution is 6.31. The molecule has 1 unspecified atom stereocenters. The minimum atomic E-state index is -0.555. The highest BCUT2D eigenvalue weighted by Crippen LogP contribution is 2.26. The Morgan fingerprint density at radius 2 is 2.07 bits per heavy atom. The number of likely N-dealkylation sites (N-methyl/N-ethyl adjacent to an activating group) is 1. The number of benzene rings is 2. The maximum Gasteiger partial charge on any atom is 0.295 e. The number of nitro groups is 1. The molecule has 0 saturated heterocycles. The summed E-state index contributed by atoms with van der Waals surface area (Å²) in [6.07, 6.45) is 2.63. The monoisotopic (exact) mass is 414 g/mol. The molecule has 1 atom stereocenters. The predicted octanol–water partition coefficient (Wildman–Crippen LogP) is 2.86. The molecule has 150 valence electrons. The zero-order chi connectivity index (χ0) is 21.0. The fourth-order valence-electron chi connectivity index (χ4n) is 2.94. The molecule has 1 N–H and O–H groups in total. The number of nitrogens with one attached hydrogen (secondary N) is 1. The lowest BCUT2D eigenvalue weighted by Crippen LogP contribution is -2.34. The second-order valence-electron chi connectivity index (χ2n) is 6.51. The van der Waals surface area contributed by atoms with Crippen molar-refractivity contribution in [3.8, 4) is 5.69 Å². The van der Waals surface area contributed by atoms with Gasteiger partial charge in [-0.2, -0.15) is 5.10 Å². The van der Waals surface area contributed by atoms with Gasteiger partial charge >= 0.3 is 0 Å². The van der Waals surface area contributed by atoms with Gasteiger partial charge in [-0.05, 0) is 37.9 Å². The second kappa shape index (κ2) is 8.80.